The molecule has 7 nitrogen and oxygen atoms in total. The summed E-state index contributed by atoms with van der Waals surface area (Å²) in [5.74, 6) is -0.212. The lowest BCUT2D eigenvalue weighted by Crippen LogP contribution is -2.47. The fourth-order valence-corrected chi connectivity index (χ4v) is 4.07. The van der Waals surface area contributed by atoms with Gasteiger partial charge in [0.2, 0.25) is 5.91 Å². The Bertz CT molecular complexity index is 900. The molecule has 1 heterocycles. The van der Waals surface area contributed by atoms with E-state index in [1.807, 2.05) is 65.0 Å². The zero-order chi connectivity index (χ0) is 23.9. The topological polar surface area (TPSA) is 87.7 Å². The van der Waals surface area contributed by atoms with Crippen molar-refractivity contribution in [3.05, 3.63) is 35.2 Å². The molecule has 3 amide bonds. The lowest BCUT2D eigenvalue weighted by atomic mass is 10.0. The minimum absolute atomic E-state index is 0.215. The Kier molecular flexibility index (Phi) is 9.07. The van der Waals surface area contributed by atoms with Gasteiger partial charge in [-0.15, -0.1) is 11.3 Å². The quantitative estimate of drug-likeness (QED) is 0.541. The monoisotopic (exact) mass is 461 g/mol. The molecular formula is C24H35N3O4S. The molecule has 176 valence electrons. The number of benzene rings is 1. The van der Waals surface area contributed by atoms with Crippen molar-refractivity contribution in [2.24, 2.45) is 5.92 Å². The lowest BCUT2D eigenvalue weighted by molar-refractivity contribution is -0.123. The summed E-state index contributed by atoms with van der Waals surface area (Å²) in [7, 11) is 1.67. The van der Waals surface area contributed by atoms with Gasteiger partial charge in [-0.05, 0) is 57.0 Å². The second kappa shape index (κ2) is 11.3. The zero-order valence-electron chi connectivity index (χ0n) is 19.9. The molecule has 0 spiro atoms. The molecule has 0 aliphatic heterocycles. The number of ether oxygens (including phenoxy) is 1. The van der Waals surface area contributed by atoms with Crippen molar-refractivity contribution in [3.8, 4) is 0 Å². The summed E-state index contributed by atoms with van der Waals surface area (Å²) in [6, 6.07) is 9.06. The second-order valence-electron chi connectivity index (χ2n) is 9.35. The molecule has 0 unspecified atom stereocenters. The Hall–Kier alpha value is -2.61. The Morgan fingerprint density at radius 2 is 1.84 bits per heavy atom. The van der Waals surface area contributed by atoms with Crippen molar-refractivity contribution in [2.45, 2.75) is 59.1 Å². The molecule has 2 rings (SSSR count). The average molecular weight is 462 g/mol. The van der Waals surface area contributed by atoms with Crippen molar-refractivity contribution < 1.29 is 19.1 Å². The normalized spacial score (nSPS) is 12.5. The van der Waals surface area contributed by atoms with Gasteiger partial charge < -0.3 is 20.3 Å². The fourth-order valence-electron chi connectivity index (χ4n) is 3.11. The third-order valence-corrected chi connectivity index (χ3v) is 5.77. The van der Waals surface area contributed by atoms with Crippen LogP contribution in [-0.2, 0) is 9.53 Å². The maximum atomic E-state index is 12.8. The van der Waals surface area contributed by atoms with Crippen molar-refractivity contribution in [1.82, 2.24) is 15.5 Å². The van der Waals surface area contributed by atoms with E-state index >= 15 is 0 Å². The van der Waals surface area contributed by atoms with Crippen molar-refractivity contribution >= 4 is 39.3 Å². The number of carbonyl (C=O) groups excluding carboxylic acids is 3. The van der Waals surface area contributed by atoms with Gasteiger partial charge >= 0.3 is 6.09 Å². The van der Waals surface area contributed by atoms with Crippen LogP contribution in [0.2, 0.25) is 0 Å². The standard InChI is InChI=1S/C24H35N3O4S/c1-16(2)14-18(26-22(29)20-15-17-10-7-8-11-19(17)32-20)21(28)25-12-9-13-27(6)23(30)31-24(3,4)5/h7-8,10-11,15-16,18H,9,12-14H2,1-6H3,(H,25,28)(H,26,29)/t18-/m0/s1. The smallest absolute Gasteiger partial charge is 0.410 e. The molecule has 1 atom stereocenters. The summed E-state index contributed by atoms with van der Waals surface area (Å²) >= 11 is 1.42. The van der Waals surface area contributed by atoms with Crippen LogP contribution in [0.25, 0.3) is 10.1 Å². The highest BCUT2D eigenvalue weighted by Gasteiger charge is 2.23. The molecule has 1 aromatic carbocycles. The summed E-state index contributed by atoms with van der Waals surface area (Å²) in [5.41, 5.74) is -0.545. The third-order valence-electron chi connectivity index (χ3n) is 4.65. The van der Waals surface area contributed by atoms with E-state index in [0.29, 0.717) is 30.8 Å². The number of hydrogen-bond donors (Lipinski definition) is 2. The number of carbonyl (C=O) groups is 3. The number of rotatable bonds is 9. The van der Waals surface area contributed by atoms with Crippen LogP contribution >= 0.6 is 11.3 Å². The summed E-state index contributed by atoms with van der Waals surface area (Å²) in [6.45, 7) is 10.4. The SMILES string of the molecule is CC(C)C[C@H](NC(=O)c1cc2ccccc2s1)C(=O)NCCCN(C)C(=O)OC(C)(C)C. The molecule has 0 bridgehead atoms. The molecule has 8 heteroatoms. The zero-order valence-corrected chi connectivity index (χ0v) is 20.7. The Balaban J connectivity index is 1.88. The Morgan fingerprint density at radius 3 is 2.47 bits per heavy atom. The maximum absolute atomic E-state index is 12.8. The average Bonchev–Trinajstić information content (AvgIpc) is 3.13. The van der Waals surface area contributed by atoms with Crippen molar-refractivity contribution in [1.29, 1.82) is 0 Å². The third kappa shape index (κ3) is 8.15. The summed E-state index contributed by atoms with van der Waals surface area (Å²) in [4.78, 5) is 39.6. The maximum Gasteiger partial charge on any atom is 0.410 e. The van der Waals surface area contributed by atoms with E-state index in [2.05, 4.69) is 10.6 Å². The molecule has 2 aromatic rings. The Morgan fingerprint density at radius 1 is 1.16 bits per heavy atom. The highest BCUT2D eigenvalue weighted by Crippen LogP contribution is 2.25. The largest absolute Gasteiger partial charge is 0.444 e. The van der Waals surface area contributed by atoms with Crippen LogP contribution in [0, 0.1) is 5.92 Å². The van der Waals surface area contributed by atoms with Gasteiger partial charge in [-0.25, -0.2) is 4.79 Å². The number of nitrogens with one attached hydrogen (secondary N) is 2. The van der Waals surface area contributed by atoms with Crippen LogP contribution in [0.1, 0.15) is 57.1 Å². The summed E-state index contributed by atoms with van der Waals surface area (Å²) in [6.07, 6.45) is 0.734. The molecule has 0 radical (unpaired) electrons. The lowest BCUT2D eigenvalue weighted by Gasteiger charge is -2.25. The van der Waals surface area contributed by atoms with E-state index in [-0.39, 0.29) is 17.7 Å². The molecule has 1 aromatic heterocycles. The van der Waals surface area contributed by atoms with Gasteiger partial charge in [0, 0.05) is 24.8 Å². The van der Waals surface area contributed by atoms with Crippen LogP contribution in [0.3, 0.4) is 0 Å². The predicted molar refractivity (Wildman–Crippen MR) is 129 cm³/mol. The highest BCUT2D eigenvalue weighted by atomic mass is 32.1. The molecule has 0 aliphatic rings. The Labute approximate surface area is 194 Å². The second-order valence-corrected chi connectivity index (χ2v) is 10.4. The summed E-state index contributed by atoms with van der Waals surface area (Å²) < 4.78 is 6.36. The van der Waals surface area contributed by atoms with E-state index in [9.17, 15) is 14.4 Å². The van der Waals surface area contributed by atoms with E-state index in [0.717, 1.165) is 10.1 Å². The van der Waals surface area contributed by atoms with Crippen molar-refractivity contribution in [2.75, 3.05) is 20.1 Å². The summed E-state index contributed by atoms with van der Waals surface area (Å²) in [5, 5.41) is 6.79. The van der Waals surface area contributed by atoms with Crippen molar-refractivity contribution in [3.63, 3.8) is 0 Å². The molecule has 0 aliphatic carbocycles. The first-order valence-corrected chi connectivity index (χ1v) is 11.8. The van der Waals surface area contributed by atoms with Crippen LogP contribution in [0.4, 0.5) is 4.79 Å². The molecule has 0 saturated heterocycles. The van der Waals surface area contributed by atoms with Gasteiger partial charge in [0.15, 0.2) is 0 Å². The number of nitrogens with zero attached hydrogens (tertiary/aromatic N) is 1. The molecule has 0 saturated carbocycles. The minimum Gasteiger partial charge on any atom is -0.444 e. The van der Waals surface area contributed by atoms with Gasteiger partial charge in [0.1, 0.15) is 11.6 Å². The van der Waals surface area contributed by atoms with Gasteiger partial charge in [-0.1, -0.05) is 32.0 Å². The molecular weight excluding hydrogens is 426 g/mol. The van der Waals surface area contributed by atoms with Gasteiger partial charge in [-0.2, -0.15) is 0 Å². The van der Waals surface area contributed by atoms with Crippen LogP contribution in [0.5, 0.6) is 0 Å². The van der Waals surface area contributed by atoms with E-state index in [1.165, 1.54) is 16.2 Å². The van der Waals surface area contributed by atoms with Crippen LogP contribution in [0.15, 0.2) is 30.3 Å². The van der Waals surface area contributed by atoms with Crippen LogP contribution in [-0.4, -0.2) is 54.6 Å². The van der Waals surface area contributed by atoms with Crippen LogP contribution < -0.4 is 10.6 Å². The van der Waals surface area contributed by atoms with Gasteiger partial charge in [-0.3, -0.25) is 9.59 Å². The highest BCUT2D eigenvalue weighted by molar-refractivity contribution is 7.20. The van der Waals surface area contributed by atoms with Gasteiger partial charge in [0.25, 0.3) is 5.91 Å². The van der Waals surface area contributed by atoms with E-state index < -0.39 is 17.7 Å². The van der Waals surface area contributed by atoms with E-state index in [1.54, 1.807) is 7.05 Å². The molecule has 0 fully saturated rings. The van der Waals surface area contributed by atoms with E-state index in [4.69, 9.17) is 4.74 Å². The van der Waals surface area contributed by atoms with Gasteiger partial charge in [0.05, 0.1) is 4.88 Å². The number of fused-ring (bicyclic) bond motifs is 1. The fraction of sp³-hybridized carbons (Fsp3) is 0.542. The first-order valence-electron chi connectivity index (χ1n) is 11.0. The first kappa shape index (κ1) is 25.6. The molecule has 32 heavy (non-hydrogen) atoms. The number of thiophene rings is 1. The predicted octanol–water partition coefficient (Wildman–Crippen LogP) is 4.42. The number of hydrogen-bond acceptors (Lipinski definition) is 5. The first-order chi connectivity index (χ1) is 15.0. The minimum atomic E-state index is -0.615. The molecule has 2 N–H and O–H groups in total. The number of amides is 3.